The Morgan fingerprint density at radius 1 is 1.54 bits per heavy atom. The first-order chi connectivity index (χ1) is 6.12. The van der Waals surface area contributed by atoms with Gasteiger partial charge in [0.05, 0.1) is 5.60 Å². The fourth-order valence-electron chi connectivity index (χ4n) is 1.82. The number of hydrogen-bond donors (Lipinski definition) is 3. The van der Waals surface area contributed by atoms with Crippen molar-refractivity contribution in [2.45, 2.75) is 24.5 Å². The summed E-state index contributed by atoms with van der Waals surface area (Å²) in [7, 11) is 0. The fraction of sp³-hybridized carbons (Fsp3) is 0.444. The molecule has 1 saturated carbocycles. The van der Waals surface area contributed by atoms with Crippen LogP contribution in [0.3, 0.4) is 0 Å². The van der Waals surface area contributed by atoms with E-state index in [1.165, 1.54) is 0 Å². The molecule has 1 aromatic heterocycles. The van der Waals surface area contributed by atoms with Gasteiger partial charge in [0, 0.05) is 29.7 Å². The Labute approximate surface area is 76.6 Å². The molecule has 0 amide bonds. The van der Waals surface area contributed by atoms with Gasteiger partial charge in [-0.15, -0.1) is 0 Å². The minimum absolute atomic E-state index is 0.0876. The molecule has 0 atom stereocenters. The number of aliphatic hydroxyl groups is 1. The first kappa shape index (κ1) is 8.47. The average Bonchev–Trinajstić information content (AvgIpc) is 2.02. The van der Waals surface area contributed by atoms with Crippen molar-refractivity contribution in [3.8, 4) is 0 Å². The van der Waals surface area contributed by atoms with Crippen LogP contribution in [0.15, 0.2) is 18.5 Å². The molecule has 0 unspecified atom stereocenters. The molecule has 1 aliphatic carbocycles. The number of rotatable bonds is 1. The minimum Gasteiger partial charge on any atom is -0.398 e. The Bertz CT molecular complexity index is 320. The zero-order valence-corrected chi connectivity index (χ0v) is 7.27. The molecule has 0 aliphatic heterocycles. The molecule has 4 heteroatoms. The first-order valence-electron chi connectivity index (χ1n) is 4.30. The molecule has 5 N–H and O–H groups in total. The molecule has 1 heterocycles. The number of aromatic nitrogens is 1. The van der Waals surface area contributed by atoms with E-state index in [2.05, 4.69) is 4.98 Å². The Morgan fingerprint density at radius 2 is 2.23 bits per heavy atom. The summed E-state index contributed by atoms with van der Waals surface area (Å²) >= 11 is 0. The number of pyridine rings is 1. The topological polar surface area (TPSA) is 85.2 Å². The summed E-state index contributed by atoms with van der Waals surface area (Å²) in [5, 5.41) is 10.0. The second-order valence-electron chi connectivity index (χ2n) is 3.66. The van der Waals surface area contributed by atoms with Crippen LogP contribution < -0.4 is 11.5 Å². The van der Waals surface area contributed by atoms with E-state index >= 15 is 0 Å². The maximum Gasteiger partial charge on any atom is 0.0960 e. The second-order valence-corrected chi connectivity index (χ2v) is 3.66. The normalized spacial score (nSPS) is 32.6. The van der Waals surface area contributed by atoms with Crippen LogP contribution in [0.25, 0.3) is 0 Å². The lowest BCUT2D eigenvalue weighted by atomic mass is 9.72. The van der Waals surface area contributed by atoms with Gasteiger partial charge in [-0.05, 0) is 18.9 Å². The highest BCUT2D eigenvalue weighted by atomic mass is 16.3. The van der Waals surface area contributed by atoms with Gasteiger partial charge in [0.2, 0.25) is 0 Å². The first-order valence-corrected chi connectivity index (χ1v) is 4.30. The van der Waals surface area contributed by atoms with Crippen LogP contribution in [0.1, 0.15) is 18.4 Å². The van der Waals surface area contributed by atoms with Gasteiger partial charge in [-0.25, -0.2) is 0 Å². The fourth-order valence-corrected chi connectivity index (χ4v) is 1.82. The average molecular weight is 179 g/mol. The van der Waals surface area contributed by atoms with Gasteiger partial charge in [-0.3, -0.25) is 4.98 Å². The molecule has 70 valence electrons. The van der Waals surface area contributed by atoms with Crippen molar-refractivity contribution in [2.24, 2.45) is 5.73 Å². The molecule has 0 bridgehead atoms. The molecular formula is C9H13N3O. The third kappa shape index (κ3) is 1.28. The summed E-state index contributed by atoms with van der Waals surface area (Å²) in [4.78, 5) is 3.94. The monoisotopic (exact) mass is 179 g/mol. The second kappa shape index (κ2) is 2.68. The SMILES string of the molecule is Nc1ccncc1C1(O)CC(N)C1. The van der Waals surface area contributed by atoms with E-state index in [1.54, 1.807) is 18.5 Å². The predicted octanol–water partition coefficient (Wildman–Crippen LogP) is -0.0275. The molecule has 4 nitrogen and oxygen atoms in total. The van der Waals surface area contributed by atoms with E-state index in [0.717, 1.165) is 0 Å². The quantitative estimate of drug-likeness (QED) is 0.565. The number of nitrogen functional groups attached to an aromatic ring is 1. The lowest BCUT2D eigenvalue weighted by Gasteiger charge is -2.42. The van der Waals surface area contributed by atoms with Crippen molar-refractivity contribution in [2.75, 3.05) is 5.73 Å². The van der Waals surface area contributed by atoms with Crippen LogP contribution in [0.5, 0.6) is 0 Å². The standard InChI is InChI=1S/C9H13N3O/c10-6-3-9(13,4-6)7-5-12-2-1-8(7)11/h1-2,5-6,13H,3-4,10H2,(H2,11,12). The summed E-state index contributed by atoms with van der Waals surface area (Å²) in [5.41, 5.74) is 11.8. The van der Waals surface area contributed by atoms with Gasteiger partial charge in [-0.2, -0.15) is 0 Å². The van der Waals surface area contributed by atoms with Gasteiger partial charge >= 0.3 is 0 Å². The molecular weight excluding hydrogens is 166 g/mol. The van der Waals surface area contributed by atoms with Crippen molar-refractivity contribution in [1.29, 1.82) is 0 Å². The summed E-state index contributed by atoms with van der Waals surface area (Å²) < 4.78 is 0. The van der Waals surface area contributed by atoms with E-state index < -0.39 is 5.60 Å². The highest BCUT2D eigenvalue weighted by Gasteiger charge is 2.43. The van der Waals surface area contributed by atoms with Crippen LogP contribution in [0, 0.1) is 0 Å². The Hall–Kier alpha value is -1.13. The zero-order chi connectivity index (χ0) is 9.47. The minimum atomic E-state index is -0.836. The van der Waals surface area contributed by atoms with Gasteiger partial charge in [0.1, 0.15) is 0 Å². The van der Waals surface area contributed by atoms with Gasteiger partial charge in [0.15, 0.2) is 0 Å². The molecule has 1 aromatic rings. The summed E-state index contributed by atoms with van der Waals surface area (Å²) in [6, 6.07) is 1.78. The maximum atomic E-state index is 10.0. The van der Waals surface area contributed by atoms with Crippen LogP contribution in [0.2, 0.25) is 0 Å². The van der Waals surface area contributed by atoms with Crippen molar-refractivity contribution in [1.82, 2.24) is 4.98 Å². The number of hydrogen-bond acceptors (Lipinski definition) is 4. The third-order valence-electron chi connectivity index (χ3n) is 2.56. The molecule has 0 spiro atoms. The number of anilines is 1. The van der Waals surface area contributed by atoms with Crippen molar-refractivity contribution >= 4 is 5.69 Å². The smallest absolute Gasteiger partial charge is 0.0960 e. The van der Waals surface area contributed by atoms with Gasteiger partial charge in [-0.1, -0.05) is 0 Å². The van der Waals surface area contributed by atoms with Gasteiger partial charge < -0.3 is 16.6 Å². The largest absolute Gasteiger partial charge is 0.398 e. The summed E-state index contributed by atoms with van der Waals surface area (Å²) in [6.45, 7) is 0. The van der Waals surface area contributed by atoms with Crippen molar-refractivity contribution < 1.29 is 5.11 Å². The van der Waals surface area contributed by atoms with Crippen LogP contribution in [-0.4, -0.2) is 16.1 Å². The van der Waals surface area contributed by atoms with Crippen molar-refractivity contribution in [3.05, 3.63) is 24.0 Å². The molecule has 1 aliphatic rings. The predicted molar refractivity (Wildman–Crippen MR) is 49.8 cm³/mol. The molecule has 2 rings (SSSR count). The number of nitrogens with two attached hydrogens (primary N) is 2. The lowest BCUT2D eigenvalue weighted by molar-refractivity contribution is -0.0518. The van der Waals surface area contributed by atoms with E-state index in [4.69, 9.17) is 11.5 Å². The highest BCUT2D eigenvalue weighted by Crippen LogP contribution is 2.42. The Balaban J connectivity index is 2.31. The van der Waals surface area contributed by atoms with E-state index in [9.17, 15) is 5.11 Å². The van der Waals surface area contributed by atoms with E-state index in [0.29, 0.717) is 24.1 Å². The van der Waals surface area contributed by atoms with Crippen LogP contribution >= 0.6 is 0 Å². The highest BCUT2D eigenvalue weighted by molar-refractivity contribution is 5.48. The number of nitrogens with zero attached hydrogens (tertiary/aromatic N) is 1. The molecule has 0 aromatic carbocycles. The molecule has 13 heavy (non-hydrogen) atoms. The van der Waals surface area contributed by atoms with Crippen LogP contribution in [-0.2, 0) is 5.60 Å². The maximum absolute atomic E-state index is 10.0. The van der Waals surface area contributed by atoms with E-state index in [-0.39, 0.29) is 6.04 Å². The lowest BCUT2D eigenvalue weighted by Crippen LogP contribution is -2.49. The van der Waals surface area contributed by atoms with Crippen molar-refractivity contribution in [3.63, 3.8) is 0 Å². The molecule has 1 fully saturated rings. The zero-order valence-electron chi connectivity index (χ0n) is 7.27. The Morgan fingerprint density at radius 3 is 2.77 bits per heavy atom. The summed E-state index contributed by atoms with van der Waals surface area (Å²) in [5.74, 6) is 0. The van der Waals surface area contributed by atoms with Gasteiger partial charge in [0.25, 0.3) is 0 Å². The molecule has 0 saturated heterocycles. The summed E-state index contributed by atoms with van der Waals surface area (Å²) in [6.07, 6.45) is 4.37. The third-order valence-corrected chi connectivity index (χ3v) is 2.56. The van der Waals surface area contributed by atoms with Crippen LogP contribution in [0.4, 0.5) is 5.69 Å². The molecule has 0 radical (unpaired) electrons. The van der Waals surface area contributed by atoms with E-state index in [1.807, 2.05) is 0 Å². The Kier molecular flexibility index (Phi) is 1.75.